The third kappa shape index (κ3) is 4.78. The zero-order chi connectivity index (χ0) is 21.1. The van der Waals surface area contributed by atoms with Crippen LogP contribution in [0.4, 0.5) is 4.79 Å². The maximum Gasteiger partial charge on any atom is 1.00 e. The van der Waals surface area contributed by atoms with Crippen molar-refractivity contribution in [2.45, 2.75) is 11.4 Å². The molecule has 2 atom stereocenters. The number of carbonyl (C=O) groups excluding carboxylic acids is 4. The summed E-state index contributed by atoms with van der Waals surface area (Å²) in [5, 5.41) is 18.6. The second kappa shape index (κ2) is 10.3. The molecule has 3 rings (SSSR count). The summed E-state index contributed by atoms with van der Waals surface area (Å²) in [6, 6.07) is -0.985. The Hall–Kier alpha value is -2.13. The average Bonchev–Trinajstić information content (AvgIpc) is 3.21. The molecule has 1 saturated heterocycles. The monoisotopic (exact) mass is 463 g/mol. The molecule has 0 aliphatic carbocycles. The molecule has 3 amide bonds. The van der Waals surface area contributed by atoms with Crippen LogP contribution in [0, 0.1) is 0 Å². The van der Waals surface area contributed by atoms with E-state index in [1.54, 1.807) is 5.38 Å². The van der Waals surface area contributed by atoms with Crippen molar-refractivity contribution in [3.8, 4) is 0 Å². The summed E-state index contributed by atoms with van der Waals surface area (Å²) in [6.07, 6.45) is -1.07. The molecule has 2 aliphatic heterocycles. The van der Waals surface area contributed by atoms with Crippen molar-refractivity contribution in [2.24, 2.45) is 10.9 Å². The number of ether oxygens (including phenoxy) is 1. The number of oxime groups is 1. The Morgan fingerprint density at radius 2 is 2.20 bits per heavy atom. The van der Waals surface area contributed by atoms with Gasteiger partial charge in [0.1, 0.15) is 30.8 Å². The molecule has 1 aromatic rings. The number of hydrogen-bond acceptors (Lipinski definition) is 11. The second-order valence-corrected chi connectivity index (χ2v) is 7.53. The molecule has 30 heavy (non-hydrogen) atoms. The molecule has 0 bridgehead atoms. The molecule has 0 aromatic carbocycles. The van der Waals surface area contributed by atoms with Gasteiger partial charge in [0.05, 0.1) is 17.2 Å². The molecular formula is C15H14N5NaO7S2. The van der Waals surface area contributed by atoms with Crippen molar-refractivity contribution in [1.82, 2.24) is 15.2 Å². The van der Waals surface area contributed by atoms with Crippen LogP contribution in [0.2, 0.25) is 0 Å². The number of aromatic nitrogens is 1. The number of amides is 3. The first-order chi connectivity index (χ1) is 13.8. The standard InChI is InChI=1S/C15H15N5O7S2.Na/c1-26-19-8(7-4-28-5-17-7)11(21)18-9-12(22)20-10(14(23)24)6(2-27-15(16)25)3-29-13(9)20;/h4-5,9,13H,2-3H2,1H3,(H2,16,25)(H,18,21)(H,23,24);/q;+1/p-1/b19-8-;/t9?,13-;/m0./s1. The van der Waals surface area contributed by atoms with Gasteiger partial charge in [-0.3, -0.25) is 14.5 Å². The van der Waals surface area contributed by atoms with Crippen molar-refractivity contribution in [2.75, 3.05) is 19.5 Å². The van der Waals surface area contributed by atoms with Gasteiger partial charge in [0.15, 0.2) is 5.71 Å². The van der Waals surface area contributed by atoms with E-state index in [4.69, 9.17) is 5.73 Å². The average molecular weight is 463 g/mol. The summed E-state index contributed by atoms with van der Waals surface area (Å²) in [4.78, 5) is 57.1. The normalized spacial score (nSPS) is 20.5. The fraction of sp³-hybridized carbons (Fsp3) is 0.333. The van der Waals surface area contributed by atoms with Gasteiger partial charge in [0, 0.05) is 16.7 Å². The minimum Gasteiger partial charge on any atom is -0.543 e. The summed E-state index contributed by atoms with van der Waals surface area (Å²) in [7, 11) is 1.26. The summed E-state index contributed by atoms with van der Waals surface area (Å²) >= 11 is 2.44. The number of hydrogen-bond donors (Lipinski definition) is 2. The van der Waals surface area contributed by atoms with E-state index in [-0.39, 0.29) is 58.9 Å². The van der Waals surface area contributed by atoms with Crippen LogP contribution >= 0.6 is 23.1 Å². The number of fused-ring (bicyclic) bond motifs is 1. The van der Waals surface area contributed by atoms with E-state index in [0.29, 0.717) is 0 Å². The third-order valence-corrected chi connectivity index (χ3v) is 5.91. The zero-order valence-corrected chi connectivity index (χ0v) is 19.4. The third-order valence-electron chi connectivity index (χ3n) is 3.99. The minimum atomic E-state index is -1.60. The van der Waals surface area contributed by atoms with Crippen molar-refractivity contribution in [3.05, 3.63) is 27.9 Å². The predicted octanol–water partition coefficient (Wildman–Crippen LogP) is -5.00. The van der Waals surface area contributed by atoms with Crippen LogP contribution in [0.25, 0.3) is 0 Å². The largest absolute Gasteiger partial charge is 1.00 e. The molecule has 3 N–H and O–H groups in total. The van der Waals surface area contributed by atoms with Gasteiger partial charge in [-0.15, -0.1) is 23.1 Å². The Balaban J connectivity index is 0.00000320. The maximum absolute atomic E-state index is 12.6. The van der Waals surface area contributed by atoms with E-state index < -0.39 is 41.0 Å². The van der Waals surface area contributed by atoms with Crippen molar-refractivity contribution in [1.29, 1.82) is 0 Å². The molecule has 0 radical (unpaired) electrons. The number of carbonyl (C=O) groups is 4. The van der Waals surface area contributed by atoms with Gasteiger partial charge in [0.25, 0.3) is 11.8 Å². The van der Waals surface area contributed by atoms with Gasteiger partial charge in [0.2, 0.25) is 0 Å². The van der Waals surface area contributed by atoms with E-state index >= 15 is 0 Å². The van der Waals surface area contributed by atoms with Gasteiger partial charge < -0.3 is 30.5 Å². The van der Waals surface area contributed by atoms with Crippen molar-refractivity contribution in [3.63, 3.8) is 0 Å². The summed E-state index contributed by atoms with van der Waals surface area (Å²) < 4.78 is 4.63. The van der Waals surface area contributed by atoms with E-state index in [0.717, 1.165) is 4.90 Å². The van der Waals surface area contributed by atoms with Crippen molar-refractivity contribution < 1.29 is 63.4 Å². The predicted molar refractivity (Wildman–Crippen MR) is 98.3 cm³/mol. The minimum absolute atomic E-state index is 0. The van der Waals surface area contributed by atoms with Gasteiger partial charge in [-0.25, -0.2) is 9.78 Å². The molecule has 15 heteroatoms. The molecule has 0 saturated carbocycles. The van der Waals surface area contributed by atoms with E-state index in [9.17, 15) is 24.3 Å². The molecule has 0 spiro atoms. The number of thiazole rings is 1. The number of primary amides is 1. The van der Waals surface area contributed by atoms with Crippen molar-refractivity contribution >= 4 is 52.7 Å². The molecule has 2 aliphatic rings. The van der Waals surface area contributed by atoms with Crippen LogP contribution in [0.15, 0.2) is 27.3 Å². The van der Waals surface area contributed by atoms with Crippen LogP contribution < -0.4 is 45.7 Å². The quantitative estimate of drug-likeness (QED) is 0.173. The number of nitrogens with two attached hydrogens (primary N) is 1. The Kier molecular flexibility index (Phi) is 8.25. The number of nitrogens with zero attached hydrogens (tertiary/aromatic N) is 3. The fourth-order valence-corrected chi connectivity index (χ4v) is 4.64. The molecular weight excluding hydrogens is 449 g/mol. The van der Waals surface area contributed by atoms with E-state index in [2.05, 4.69) is 25.0 Å². The number of carboxylic acid groups (broad SMARTS) is 1. The molecule has 12 nitrogen and oxygen atoms in total. The molecule has 1 unspecified atom stereocenters. The fourth-order valence-electron chi connectivity index (χ4n) is 2.78. The summed E-state index contributed by atoms with van der Waals surface area (Å²) in [6.45, 7) is -0.381. The number of carboxylic acids is 1. The topological polar surface area (TPSA) is 176 Å². The molecule has 1 aromatic heterocycles. The number of β-lactam (4-membered cyclic amide) rings is 1. The Morgan fingerprint density at radius 3 is 2.77 bits per heavy atom. The van der Waals surface area contributed by atoms with E-state index in [1.165, 1.54) is 35.7 Å². The number of thioether (sulfide) groups is 1. The van der Waals surface area contributed by atoms with Crippen LogP contribution in [0.3, 0.4) is 0 Å². The van der Waals surface area contributed by atoms with Crippen LogP contribution in [0.5, 0.6) is 0 Å². The van der Waals surface area contributed by atoms with Crippen LogP contribution in [-0.2, 0) is 24.0 Å². The Morgan fingerprint density at radius 1 is 1.47 bits per heavy atom. The van der Waals surface area contributed by atoms with E-state index in [1.807, 2.05) is 0 Å². The Bertz CT molecular complexity index is 920. The molecule has 154 valence electrons. The maximum atomic E-state index is 12.6. The summed E-state index contributed by atoms with van der Waals surface area (Å²) in [5.41, 5.74) is 6.34. The second-order valence-electron chi connectivity index (χ2n) is 5.70. The molecule has 1 fully saturated rings. The molecule has 3 heterocycles. The first kappa shape index (κ1) is 24.1. The van der Waals surface area contributed by atoms with Crippen LogP contribution in [0.1, 0.15) is 5.69 Å². The summed E-state index contributed by atoms with van der Waals surface area (Å²) in [5.74, 6) is -2.80. The SMILES string of the molecule is CO/N=C(\C(=O)NC1C(=O)N2C(C(=O)[O-])=C(COC(N)=O)CS[C@@H]12)c1cscn1.[Na+]. The smallest absolute Gasteiger partial charge is 0.543 e. The van der Waals surface area contributed by atoms with Gasteiger partial charge in [-0.1, -0.05) is 5.16 Å². The number of rotatable bonds is 7. The number of nitrogens with one attached hydrogen (secondary N) is 1. The Labute approximate surface area is 200 Å². The van der Waals surface area contributed by atoms with Crippen LogP contribution in [-0.4, -0.2) is 70.4 Å². The van der Waals surface area contributed by atoms with Gasteiger partial charge >= 0.3 is 35.7 Å². The number of aliphatic carboxylic acids is 1. The first-order valence-corrected chi connectivity index (χ1v) is 9.95. The zero-order valence-electron chi connectivity index (χ0n) is 15.8. The van der Waals surface area contributed by atoms with Gasteiger partial charge in [-0.05, 0) is 0 Å². The van der Waals surface area contributed by atoms with Gasteiger partial charge in [-0.2, -0.15) is 0 Å². The first-order valence-electron chi connectivity index (χ1n) is 7.96.